The highest BCUT2D eigenvalue weighted by Crippen LogP contribution is 2.25. The van der Waals surface area contributed by atoms with E-state index >= 15 is 0 Å². The molecule has 0 atom stereocenters. The lowest BCUT2D eigenvalue weighted by molar-refractivity contribution is 0.393. The van der Waals surface area contributed by atoms with Gasteiger partial charge in [-0.05, 0) is 39.7 Å². The van der Waals surface area contributed by atoms with Crippen molar-refractivity contribution in [2.75, 3.05) is 7.11 Å². The number of ether oxygens (including phenoxy) is 1. The average molecular weight is 444 g/mol. The summed E-state index contributed by atoms with van der Waals surface area (Å²) < 4.78 is 34.0. The van der Waals surface area contributed by atoms with Gasteiger partial charge in [0.15, 0.2) is 0 Å². The molecule has 0 fully saturated rings. The number of nitrogens with one attached hydrogen (secondary N) is 1. The van der Waals surface area contributed by atoms with Crippen LogP contribution in [-0.2, 0) is 6.42 Å². The van der Waals surface area contributed by atoms with E-state index in [9.17, 15) is 8.78 Å². The smallest absolute Gasteiger partial charge is 0.217 e. The molecule has 4 heterocycles. The summed E-state index contributed by atoms with van der Waals surface area (Å²) in [5.41, 5.74) is 2.83. The predicted octanol–water partition coefficient (Wildman–Crippen LogP) is 4.59. The minimum Gasteiger partial charge on any atom is -0.481 e. The molecule has 0 unspecified atom stereocenters. The number of halogens is 3. The molecule has 1 radical (unpaired) electrons. The average Bonchev–Trinajstić information content (AvgIpc) is 3.06. The molecule has 0 bridgehead atoms. The van der Waals surface area contributed by atoms with Gasteiger partial charge in [0.05, 0.1) is 19.0 Å². The molecular formula is C20H14BrF2N4O. The molecule has 0 aliphatic carbocycles. The van der Waals surface area contributed by atoms with E-state index in [1.165, 1.54) is 19.6 Å². The number of nitrogens with zero attached hydrogens (tertiary/aromatic N) is 3. The van der Waals surface area contributed by atoms with Crippen LogP contribution in [0.15, 0.2) is 47.3 Å². The van der Waals surface area contributed by atoms with Crippen LogP contribution in [0.2, 0.25) is 0 Å². The van der Waals surface area contributed by atoms with Gasteiger partial charge in [-0.1, -0.05) is 6.07 Å². The van der Waals surface area contributed by atoms with Gasteiger partial charge in [0.1, 0.15) is 11.5 Å². The zero-order valence-corrected chi connectivity index (χ0v) is 16.3. The second kappa shape index (κ2) is 7.63. The van der Waals surface area contributed by atoms with E-state index in [1.54, 1.807) is 18.3 Å². The molecule has 4 aromatic rings. The van der Waals surface area contributed by atoms with Gasteiger partial charge in [-0.15, -0.1) is 0 Å². The minimum atomic E-state index is -0.589. The number of hydrogen-bond acceptors (Lipinski definition) is 4. The second-order valence-electron chi connectivity index (χ2n) is 6.12. The summed E-state index contributed by atoms with van der Waals surface area (Å²) in [7, 11) is 1.43. The van der Waals surface area contributed by atoms with Gasteiger partial charge in [0.25, 0.3) is 0 Å². The molecule has 0 aliphatic rings. The molecule has 0 aromatic carbocycles. The van der Waals surface area contributed by atoms with Crippen LogP contribution in [0.1, 0.15) is 22.4 Å². The normalized spacial score (nSPS) is 11.1. The van der Waals surface area contributed by atoms with Crippen molar-refractivity contribution < 1.29 is 13.5 Å². The molecule has 141 valence electrons. The van der Waals surface area contributed by atoms with Gasteiger partial charge in [-0.25, -0.2) is 19.3 Å². The fourth-order valence-corrected chi connectivity index (χ4v) is 3.28. The monoisotopic (exact) mass is 443 g/mol. The maximum Gasteiger partial charge on any atom is 0.217 e. The Hall–Kier alpha value is -2.87. The minimum absolute atomic E-state index is 0.240. The first-order valence-corrected chi connectivity index (χ1v) is 9.14. The Morgan fingerprint density at radius 3 is 2.79 bits per heavy atom. The van der Waals surface area contributed by atoms with Crippen molar-refractivity contribution >= 4 is 27.0 Å². The topological polar surface area (TPSA) is 63.7 Å². The Labute approximate surface area is 168 Å². The molecular weight excluding hydrogens is 430 g/mol. The first-order valence-electron chi connectivity index (χ1n) is 8.34. The largest absolute Gasteiger partial charge is 0.481 e. The quantitative estimate of drug-likeness (QED) is 0.458. The number of H-pyrrole nitrogens is 1. The summed E-state index contributed by atoms with van der Waals surface area (Å²) in [4.78, 5) is 15.2. The molecule has 4 aromatic heterocycles. The van der Waals surface area contributed by atoms with Crippen molar-refractivity contribution in [3.05, 3.63) is 87.9 Å². The van der Waals surface area contributed by atoms with Gasteiger partial charge in [0.2, 0.25) is 11.8 Å². The van der Waals surface area contributed by atoms with Crippen LogP contribution in [0.3, 0.4) is 0 Å². The predicted molar refractivity (Wildman–Crippen MR) is 104 cm³/mol. The molecule has 4 rings (SSSR count). The number of hydrogen-bond donors (Lipinski definition) is 1. The van der Waals surface area contributed by atoms with E-state index in [2.05, 4.69) is 35.9 Å². The molecule has 0 aliphatic heterocycles. The highest BCUT2D eigenvalue weighted by atomic mass is 79.9. The Morgan fingerprint density at radius 1 is 1.14 bits per heavy atom. The summed E-state index contributed by atoms with van der Waals surface area (Å²) in [5.74, 6) is -0.859. The lowest BCUT2D eigenvalue weighted by Crippen LogP contribution is -2.01. The van der Waals surface area contributed by atoms with Gasteiger partial charge in [-0.2, -0.15) is 4.39 Å². The van der Waals surface area contributed by atoms with E-state index in [4.69, 9.17) is 4.74 Å². The van der Waals surface area contributed by atoms with Crippen LogP contribution >= 0.6 is 15.9 Å². The number of aromatic amines is 1. The Morgan fingerprint density at radius 2 is 2.00 bits per heavy atom. The summed E-state index contributed by atoms with van der Waals surface area (Å²) in [6.45, 7) is 0. The van der Waals surface area contributed by atoms with Crippen molar-refractivity contribution in [3.63, 3.8) is 0 Å². The second-order valence-corrected chi connectivity index (χ2v) is 7.04. The zero-order valence-electron chi connectivity index (χ0n) is 14.7. The van der Waals surface area contributed by atoms with Crippen LogP contribution in [0.5, 0.6) is 5.88 Å². The summed E-state index contributed by atoms with van der Waals surface area (Å²) in [5, 5.41) is 0.917. The highest BCUT2D eigenvalue weighted by Gasteiger charge is 2.13. The number of aromatic nitrogens is 4. The summed E-state index contributed by atoms with van der Waals surface area (Å²) >= 11 is 3.40. The number of rotatable bonds is 5. The Balaban J connectivity index is 1.59. The van der Waals surface area contributed by atoms with Crippen LogP contribution in [0.4, 0.5) is 8.78 Å². The van der Waals surface area contributed by atoms with Crippen molar-refractivity contribution in [3.8, 4) is 5.88 Å². The third kappa shape index (κ3) is 3.73. The maximum absolute atomic E-state index is 14.6. The standard InChI is InChI=1S/C20H14BrF2N4O/c1-28-20-12(5-15(22)10-26-20)6-16-3-2-11(18(23)27-16)4-13-8-24-19-17(13)7-14(21)9-25-19/h2-3,5-10H,4H2,1H3,(H,24,25). The lowest BCUT2D eigenvalue weighted by Gasteiger charge is -2.08. The number of pyridine rings is 3. The molecule has 0 saturated carbocycles. The molecule has 0 spiro atoms. The Kier molecular flexibility index (Phi) is 5.04. The molecule has 5 nitrogen and oxygen atoms in total. The number of fused-ring (bicyclic) bond motifs is 1. The van der Waals surface area contributed by atoms with Crippen molar-refractivity contribution in [1.82, 2.24) is 19.9 Å². The van der Waals surface area contributed by atoms with Gasteiger partial charge < -0.3 is 9.72 Å². The molecule has 0 amide bonds. The van der Waals surface area contributed by atoms with Crippen LogP contribution < -0.4 is 4.74 Å². The van der Waals surface area contributed by atoms with Gasteiger partial charge in [-0.3, -0.25) is 0 Å². The van der Waals surface area contributed by atoms with E-state index in [-0.39, 0.29) is 5.88 Å². The fraction of sp³-hybridized carbons (Fsp3) is 0.100. The zero-order chi connectivity index (χ0) is 19.7. The highest BCUT2D eigenvalue weighted by molar-refractivity contribution is 9.10. The third-order valence-electron chi connectivity index (χ3n) is 4.25. The first kappa shape index (κ1) is 18.5. The lowest BCUT2D eigenvalue weighted by atomic mass is 10.0. The van der Waals surface area contributed by atoms with Crippen LogP contribution in [0, 0.1) is 18.2 Å². The molecule has 8 heteroatoms. The van der Waals surface area contributed by atoms with E-state index in [0.717, 1.165) is 27.3 Å². The van der Waals surface area contributed by atoms with E-state index in [1.807, 2.05) is 12.3 Å². The molecule has 0 saturated heterocycles. The maximum atomic E-state index is 14.6. The summed E-state index contributed by atoms with van der Waals surface area (Å²) in [6.07, 6.45) is 6.45. The molecule has 28 heavy (non-hydrogen) atoms. The third-order valence-corrected chi connectivity index (χ3v) is 4.69. The van der Waals surface area contributed by atoms with E-state index in [0.29, 0.717) is 23.2 Å². The van der Waals surface area contributed by atoms with Gasteiger partial charge >= 0.3 is 0 Å². The SMILES string of the molecule is COc1ncc(F)cc1[CH]c1ccc(Cc2c[nH]c3ncc(Br)cc23)c(F)n1. The fourth-order valence-electron chi connectivity index (χ4n) is 2.95. The first-order chi connectivity index (χ1) is 13.5. The summed E-state index contributed by atoms with van der Waals surface area (Å²) in [6, 6.07) is 6.53. The van der Waals surface area contributed by atoms with Crippen LogP contribution in [-0.4, -0.2) is 27.0 Å². The van der Waals surface area contributed by atoms with Gasteiger partial charge in [0, 0.05) is 46.2 Å². The van der Waals surface area contributed by atoms with E-state index < -0.39 is 11.8 Å². The van der Waals surface area contributed by atoms with Crippen molar-refractivity contribution in [2.24, 2.45) is 0 Å². The number of methoxy groups -OCH3 is 1. The Bertz CT molecular complexity index is 1160. The van der Waals surface area contributed by atoms with Crippen molar-refractivity contribution in [1.29, 1.82) is 0 Å². The molecule has 1 N–H and O–H groups in total. The van der Waals surface area contributed by atoms with Crippen molar-refractivity contribution in [2.45, 2.75) is 6.42 Å². The van der Waals surface area contributed by atoms with Crippen LogP contribution in [0.25, 0.3) is 11.0 Å².